The van der Waals surface area contributed by atoms with Gasteiger partial charge in [0.25, 0.3) is 5.91 Å². The Kier molecular flexibility index (Phi) is 6.45. The Labute approximate surface area is 167 Å². The molecule has 2 atom stereocenters. The summed E-state index contributed by atoms with van der Waals surface area (Å²) in [6.45, 7) is 9.24. The minimum atomic E-state index is -0.593. The maximum Gasteiger partial charge on any atom is 0.261 e. The van der Waals surface area contributed by atoms with Gasteiger partial charge in [-0.25, -0.2) is 0 Å². The fraction of sp³-hybridized carbons (Fsp3) is 0.435. The van der Waals surface area contributed by atoms with Crippen molar-refractivity contribution in [2.75, 3.05) is 13.2 Å². The van der Waals surface area contributed by atoms with Crippen LogP contribution >= 0.6 is 0 Å². The van der Waals surface area contributed by atoms with Crippen molar-refractivity contribution in [1.29, 1.82) is 0 Å². The van der Waals surface area contributed by atoms with E-state index in [4.69, 9.17) is 14.2 Å². The van der Waals surface area contributed by atoms with Crippen LogP contribution in [0.15, 0.2) is 42.5 Å². The number of carbonyl (C=O) groups excluding carboxylic acids is 1. The van der Waals surface area contributed by atoms with E-state index in [1.165, 1.54) is 0 Å². The molecule has 2 aromatic rings. The molecule has 150 valence electrons. The number of benzene rings is 2. The van der Waals surface area contributed by atoms with E-state index in [1.807, 2.05) is 49.4 Å². The Bertz CT molecular complexity index is 801. The number of nitrogens with one attached hydrogen (secondary N) is 1. The summed E-state index contributed by atoms with van der Waals surface area (Å²) >= 11 is 0. The molecule has 2 aromatic carbocycles. The van der Waals surface area contributed by atoms with E-state index in [9.17, 15) is 4.79 Å². The van der Waals surface area contributed by atoms with Crippen LogP contribution in [0.2, 0.25) is 0 Å². The molecule has 1 aliphatic heterocycles. The number of rotatable bonds is 6. The molecule has 5 nitrogen and oxygen atoms in total. The summed E-state index contributed by atoms with van der Waals surface area (Å²) in [5.41, 5.74) is 2.15. The second-order valence-corrected chi connectivity index (χ2v) is 7.56. The summed E-state index contributed by atoms with van der Waals surface area (Å²) in [4.78, 5) is 12.8. The monoisotopic (exact) mass is 383 g/mol. The lowest BCUT2D eigenvalue weighted by molar-refractivity contribution is -0.128. The lowest BCUT2D eigenvalue weighted by Gasteiger charge is -2.25. The van der Waals surface area contributed by atoms with Gasteiger partial charge in [-0.2, -0.15) is 0 Å². The van der Waals surface area contributed by atoms with Crippen LogP contribution in [-0.4, -0.2) is 25.2 Å². The largest absolute Gasteiger partial charge is 0.490 e. The number of carbonyl (C=O) groups is 1. The normalized spacial score (nSPS) is 15.5. The van der Waals surface area contributed by atoms with E-state index in [0.717, 1.165) is 29.0 Å². The molecule has 0 radical (unpaired) electrons. The summed E-state index contributed by atoms with van der Waals surface area (Å²) in [6.07, 6.45) is 0.270. The van der Waals surface area contributed by atoms with Crippen LogP contribution in [-0.2, 0) is 4.79 Å². The Morgan fingerprint density at radius 1 is 1.00 bits per heavy atom. The second-order valence-electron chi connectivity index (χ2n) is 7.56. The molecule has 0 fully saturated rings. The van der Waals surface area contributed by atoms with Gasteiger partial charge in [-0.1, -0.05) is 37.6 Å². The van der Waals surface area contributed by atoms with E-state index in [2.05, 4.69) is 19.2 Å². The van der Waals surface area contributed by atoms with Crippen molar-refractivity contribution in [1.82, 2.24) is 5.32 Å². The average molecular weight is 383 g/mol. The molecule has 0 saturated carbocycles. The molecular weight excluding hydrogens is 354 g/mol. The minimum Gasteiger partial charge on any atom is -0.490 e. The molecule has 0 bridgehead atoms. The Morgan fingerprint density at radius 2 is 1.68 bits per heavy atom. The molecule has 5 heteroatoms. The topological polar surface area (TPSA) is 56.8 Å². The molecule has 1 N–H and O–H groups in total. The van der Waals surface area contributed by atoms with Gasteiger partial charge < -0.3 is 19.5 Å². The first-order valence-corrected chi connectivity index (χ1v) is 9.87. The number of hydrogen-bond acceptors (Lipinski definition) is 4. The first-order valence-electron chi connectivity index (χ1n) is 9.87. The molecule has 0 saturated heterocycles. The SMILES string of the molecule is Cc1ccc(OC(C)C(=O)NC(c2ccc3c(c2)OCCCO3)C(C)C)cc1. The van der Waals surface area contributed by atoms with Gasteiger partial charge >= 0.3 is 0 Å². The van der Waals surface area contributed by atoms with Crippen LogP contribution in [0.5, 0.6) is 17.2 Å². The smallest absolute Gasteiger partial charge is 0.261 e. The third-order valence-corrected chi connectivity index (χ3v) is 4.80. The minimum absolute atomic E-state index is 0.145. The van der Waals surface area contributed by atoms with E-state index in [0.29, 0.717) is 19.0 Å². The van der Waals surface area contributed by atoms with Crippen LogP contribution in [0.25, 0.3) is 0 Å². The zero-order valence-electron chi connectivity index (χ0n) is 17.0. The van der Waals surface area contributed by atoms with E-state index in [1.54, 1.807) is 6.92 Å². The van der Waals surface area contributed by atoms with Gasteiger partial charge in [-0.3, -0.25) is 4.79 Å². The number of amides is 1. The van der Waals surface area contributed by atoms with Crippen LogP contribution in [0.3, 0.4) is 0 Å². The van der Waals surface area contributed by atoms with Crippen molar-refractivity contribution >= 4 is 5.91 Å². The Balaban J connectivity index is 1.71. The highest BCUT2D eigenvalue weighted by atomic mass is 16.5. The van der Waals surface area contributed by atoms with Crippen molar-refractivity contribution in [3.05, 3.63) is 53.6 Å². The predicted octanol–water partition coefficient (Wildman–Crippen LogP) is 4.44. The molecule has 0 aliphatic carbocycles. The van der Waals surface area contributed by atoms with Gasteiger partial charge in [0.1, 0.15) is 5.75 Å². The highest BCUT2D eigenvalue weighted by Gasteiger charge is 2.24. The molecule has 0 spiro atoms. The summed E-state index contributed by atoms with van der Waals surface area (Å²) in [5.74, 6) is 2.24. The standard InChI is InChI=1S/C23H29NO4/c1-15(2)22(18-8-11-20-21(14-18)27-13-5-12-26-20)24-23(25)17(4)28-19-9-6-16(3)7-10-19/h6-11,14-15,17,22H,5,12-13H2,1-4H3,(H,24,25). The summed E-state index contributed by atoms with van der Waals surface area (Å²) < 4.78 is 17.3. The predicted molar refractivity (Wildman–Crippen MR) is 109 cm³/mol. The first-order chi connectivity index (χ1) is 13.4. The fourth-order valence-corrected chi connectivity index (χ4v) is 3.15. The van der Waals surface area contributed by atoms with Crippen LogP contribution < -0.4 is 19.5 Å². The van der Waals surface area contributed by atoms with Crippen molar-refractivity contribution in [2.45, 2.75) is 46.3 Å². The molecule has 1 amide bonds. The van der Waals surface area contributed by atoms with Crippen molar-refractivity contribution < 1.29 is 19.0 Å². The van der Waals surface area contributed by atoms with Crippen LogP contribution in [0, 0.1) is 12.8 Å². The maximum atomic E-state index is 12.8. The van der Waals surface area contributed by atoms with Crippen molar-refractivity contribution in [2.24, 2.45) is 5.92 Å². The number of aryl methyl sites for hydroxylation is 1. The zero-order valence-corrected chi connectivity index (χ0v) is 17.0. The fourth-order valence-electron chi connectivity index (χ4n) is 3.15. The molecule has 0 aromatic heterocycles. The lowest BCUT2D eigenvalue weighted by atomic mass is 9.95. The summed E-state index contributed by atoms with van der Waals surface area (Å²) in [6, 6.07) is 13.4. The van der Waals surface area contributed by atoms with Gasteiger partial charge in [-0.05, 0) is 49.6 Å². The molecular formula is C23H29NO4. The second kappa shape index (κ2) is 9.00. The molecule has 28 heavy (non-hydrogen) atoms. The van der Waals surface area contributed by atoms with Crippen molar-refractivity contribution in [3.8, 4) is 17.2 Å². The number of hydrogen-bond donors (Lipinski definition) is 1. The van der Waals surface area contributed by atoms with Crippen LogP contribution in [0.1, 0.15) is 44.4 Å². The van der Waals surface area contributed by atoms with Gasteiger partial charge in [0.05, 0.1) is 19.3 Å². The third-order valence-electron chi connectivity index (χ3n) is 4.80. The molecule has 1 aliphatic rings. The molecule has 1 heterocycles. The maximum absolute atomic E-state index is 12.8. The lowest BCUT2D eigenvalue weighted by Crippen LogP contribution is -2.40. The van der Waals surface area contributed by atoms with E-state index < -0.39 is 6.10 Å². The highest BCUT2D eigenvalue weighted by molar-refractivity contribution is 5.81. The average Bonchev–Trinajstić information content (AvgIpc) is 2.92. The van der Waals surface area contributed by atoms with Gasteiger partial charge in [-0.15, -0.1) is 0 Å². The molecule has 3 rings (SSSR count). The highest BCUT2D eigenvalue weighted by Crippen LogP contribution is 2.34. The van der Waals surface area contributed by atoms with Gasteiger partial charge in [0.15, 0.2) is 17.6 Å². The number of fused-ring (bicyclic) bond motifs is 1. The first kappa shape index (κ1) is 20.1. The van der Waals surface area contributed by atoms with E-state index in [-0.39, 0.29) is 17.9 Å². The third kappa shape index (κ3) is 4.97. The zero-order chi connectivity index (χ0) is 20.1. The Morgan fingerprint density at radius 3 is 2.36 bits per heavy atom. The van der Waals surface area contributed by atoms with E-state index >= 15 is 0 Å². The Hall–Kier alpha value is -2.69. The number of ether oxygens (including phenoxy) is 3. The summed E-state index contributed by atoms with van der Waals surface area (Å²) in [5, 5.41) is 3.13. The van der Waals surface area contributed by atoms with Crippen molar-refractivity contribution in [3.63, 3.8) is 0 Å². The molecule has 2 unspecified atom stereocenters. The van der Waals surface area contributed by atoms with Gasteiger partial charge in [0.2, 0.25) is 0 Å². The summed E-state index contributed by atoms with van der Waals surface area (Å²) in [7, 11) is 0. The quantitative estimate of drug-likeness (QED) is 0.801. The van der Waals surface area contributed by atoms with Gasteiger partial charge in [0, 0.05) is 6.42 Å². The van der Waals surface area contributed by atoms with Crippen LogP contribution in [0.4, 0.5) is 0 Å².